The molecule has 0 fully saturated rings. The van der Waals surface area contributed by atoms with Gasteiger partial charge in [-0.05, 0) is 47.9 Å². The van der Waals surface area contributed by atoms with Gasteiger partial charge in [-0.1, -0.05) is 42.5 Å². The minimum absolute atomic E-state index is 0. The van der Waals surface area contributed by atoms with Crippen LogP contribution in [0.5, 0.6) is 11.5 Å². The zero-order valence-electron chi connectivity index (χ0n) is 18.9. The normalized spacial score (nSPS) is 14.9. The molecule has 1 aliphatic heterocycles. The molecule has 34 heavy (non-hydrogen) atoms. The molecule has 1 aliphatic rings. The van der Waals surface area contributed by atoms with Crippen molar-refractivity contribution < 1.29 is 13.9 Å². The van der Waals surface area contributed by atoms with Crippen LogP contribution in [0.1, 0.15) is 23.5 Å². The van der Waals surface area contributed by atoms with Crippen LogP contribution in [-0.4, -0.2) is 32.0 Å². The number of hydrogen-bond acceptors (Lipinski definition) is 3. The summed E-state index contributed by atoms with van der Waals surface area (Å²) in [5.41, 5.74) is 2.84. The summed E-state index contributed by atoms with van der Waals surface area (Å²) in [7, 11) is 1.70. The second kappa shape index (κ2) is 12.4. The van der Waals surface area contributed by atoms with E-state index < -0.39 is 5.82 Å². The molecule has 1 unspecified atom stereocenters. The lowest BCUT2D eigenvalue weighted by atomic mass is 9.90. The smallest absolute Gasteiger partial charge is 0.225 e. The van der Waals surface area contributed by atoms with Crippen LogP contribution in [0.2, 0.25) is 0 Å². The van der Waals surface area contributed by atoms with E-state index in [-0.39, 0.29) is 41.6 Å². The van der Waals surface area contributed by atoms with E-state index >= 15 is 0 Å². The van der Waals surface area contributed by atoms with E-state index in [2.05, 4.69) is 20.9 Å². The third-order valence-corrected chi connectivity index (χ3v) is 5.52. The van der Waals surface area contributed by atoms with Crippen LogP contribution in [0.25, 0.3) is 0 Å². The fourth-order valence-corrected chi connectivity index (χ4v) is 3.85. The van der Waals surface area contributed by atoms with Crippen LogP contribution in [0, 0.1) is 5.82 Å². The second-order valence-corrected chi connectivity index (χ2v) is 7.85. The number of benzene rings is 3. The van der Waals surface area contributed by atoms with Gasteiger partial charge in [0.15, 0.2) is 17.5 Å². The summed E-state index contributed by atoms with van der Waals surface area (Å²) < 4.78 is 20.1. The average molecular weight is 574 g/mol. The van der Waals surface area contributed by atoms with Crippen LogP contribution in [0.15, 0.2) is 77.8 Å². The second-order valence-electron chi connectivity index (χ2n) is 7.85. The van der Waals surface area contributed by atoms with Crippen molar-refractivity contribution in [2.75, 3.05) is 25.5 Å². The number of anilines is 1. The van der Waals surface area contributed by atoms with Crippen LogP contribution < -0.4 is 20.7 Å². The van der Waals surface area contributed by atoms with Crippen molar-refractivity contribution in [3.8, 4) is 11.5 Å². The van der Waals surface area contributed by atoms with Gasteiger partial charge in [-0.15, -0.1) is 24.0 Å². The number of nitrogens with one attached hydrogen (secondary N) is 3. The first-order chi connectivity index (χ1) is 16.1. The number of rotatable bonds is 7. The maximum absolute atomic E-state index is 14.5. The number of para-hydroxylation sites is 2. The highest BCUT2D eigenvalue weighted by atomic mass is 127. The van der Waals surface area contributed by atoms with Crippen molar-refractivity contribution in [3.05, 3.63) is 89.7 Å². The van der Waals surface area contributed by atoms with Gasteiger partial charge < -0.3 is 20.7 Å². The number of carbonyl (C=O) groups excluding carboxylic acids is 1. The van der Waals surface area contributed by atoms with Gasteiger partial charge in [0, 0.05) is 38.2 Å². The number of nitrogens with zero attached hydrogens (tertiary/aromatic N) is 1. The Bertz CT molecular complexity index is 1140. The molecule has 0 spiro atoms. The third-order valence-electron chi connectivity index (χ3n) is 5.52. The van der Waals surface area contributed by atoms with Crippen molar-refractivity contribution in [1.29, 1.82) is 0 Å². The molecule has 4 rings (SSSR count). The molecule has 0 aromatic heterocycles. The summed E-state index contributed by atoms with van der Waals surface area (Å²) >= 11 is 0. The predicted octanol–water partition coefficient (Wildman–Crippen LogP) is 5.07. The molecule has 6 nitrogen and oxygen atoms in total. The summed E-state index contributed by atoms with van der Waals surface area (Å²) in [6.45, 7) is 1.17. The number of fused-ring (bicyclic) bond motifs is 1. The molecule has 3 N–H and O–H groups in total. The fourth-order valence-electron chi connectivity index (χ4n) is 3.85. The SMILES string of the molecule is CN=C(NCCc1ccc(Oc2ccccc2)c(F)c1)NCC1CC(=O)Nc2ccccc21.I. The number of halogens is 2. The number of ether oxygens (including phenoxy) is 1. The van der Waals surface area contributed by atoms with Gasteiger partial charge in [0.25, 0.3) is 0 Å². The monoisotopic (exact) mass is 574 g/mol. The summed E-state index contributed by atoms with van der Waals surface area (Å²) in [5, 5.41) is 9.46. The van der Waals surface area contributed by atoms with Gasteiger partial charge in [0.2, 0.25) is 5.91 Å². The highest BCUT2D eigenvalue weighted by Gasteiger charge is 2.24. The van der Waals surface area contributed by atoms with Gasteiger partial charge >= 0.3 is 0 Å². The number of carbonyl (C=O) groups is 1. The van der Waals surface area contributed by atoms with E-state index in [0.717, 1.165) is 16.8 Å². The van der Waals surface area contributed by atoms with Gasteiger partial charge in [-0.25, -0.2) is 4.39 Å². The van der Waals surface area contributed by atoms with Gasteiger partial charge in [0.1, 0.15) is 5.75 Å². The van der Waals surface area contributed by atoms with Crippen molar-refractivity contribution in [1.82, 2.24) is 10.6 Å². The Hall–Kier alpha value is -3.14. The molecule has 1 heterocycles. The van der Waals surface area contributed by atoms with E-state index in [9.17, 15) is 9.18 Å². The summed E-state index contributed by atoms with van der Waals surface area (Å²) in [4.78, 5) is 16.3. The lowest BCUT2D eigenvalue weighted by Crippen LogP contribution is -2.41. The zero-order chi connectivity index (χ0) is 23.0. The minimum Gasteiger partial charge on any atom is -0.454 e. The molecule has 3 aromatic carbocycles. The molecule has 0 aliphatic carbocycles. The molecule has 3 aromatic rings. The lowest BCUT2D eigenvalue weighted by Gasteiger charge is -2.26. The zero-order valence-corrected chi connectivity index (χ0v) is 21.2. The minimum atomic E-state index is -0.395. The van der Waals surface area contributed by atoms with Crippen LogP contribution >= 0.6 is 24.0 Å². The van der Waals surface area contributed by atoms with Crippen LogP contribution in [-0.2, 0) is 11.2 Å². The first-order valence-corrected chi connectivity index (χ1v) is 11.0. The summed E-state index contributed by atoms with van der Waals surface area (Å²) in [6.07, 6.45) is 1.05. The summed E-state index contributed by atoms with van der Waals surface area (Å²) in [6, 6.07) is 22.0. The molecule has 1 atom stereocenters. The van der Waals surface area contributed by atoms with E-state index in [1.807, 2.05) is 48.5 Å². The largest absolute Gasteiger partial charge is 0.454 e. The predicted molar refractivity (Wildman–Crippen MR) is 144 cm³/mol. The van der Waals surface area contributed by atoms with Crippen LogP contribution in [0.3, 0.4) is 0 Å². The van der Waals surface area contributed by atoms with E-state index in [1.54, 1.807) is 25.2 Å². The third kappa shape index (κ3) is 6.69. The Morgan fingerprint density at radius 1 is 1.09 bits per heavy atom. The van der Waals surface area contributed by atoms with Crippen molar-refractivity contribution in [3.63, 3.8) is 0 Å². The fraction of sp³-hybridized carbons (Fsp3) is 0.231. The standard InChI is InChI=1S/C26H27FN4O2.HI/c1-28-26(30-17-19-16-25(32)31-23-10-6-5-9-21(19)23)29-14-13-18-11-12-24(22(27)15-18)33-20-7-3-2-4-8-20;/h2-12,15,19H,13-14,16-17H2,1H3,(H,31,32)(H2,28,29,30);1H. The summed E-state index contributed by atoms with van der Waals surface area (Å²) in [5.74, 6) is 1.13. The molecule has 1 amide bonds. The van der Waals surface area contributed by atoms with Crippen molar-refractivity contribution in [2.24, 2.45) is 4.99 Å². The van der Waals surface area contributed by atoms with Gasteiger partial charge in [-0.2, -0.15) is 0 Å². The molecule has 0 bridgehead atoms. The van der Waals surface area contributed by atoms with Gasteiger partial charge in [-0.3, -0.25) is 9.79 Å². The Labute approximate surface area is 216 Å². The van der Waals surface area contributed by atoms with Crippen molar-refractivity contribution >= 4 is 41.5 Å². The highest BCUT2D eigenvalue weighted by molar-refractivity contribution is 14.0. The first kappa shape index (κ1) is 25.5. The van der Waals surface area contributed by atoms with E-state index in [1.165, 1.54) is 6.07 Å². The van der Waals surface area contributed by atoms with E-state index in [4.69, 9.17) is 4.74 Å². The Morgan fingerprint density at radius 3 is 2.62 bits per heavy atom. The average Bonchev–Trinajstić information content (AvgIpc) is 2.83. The Balaban J connectivity index is 0.00000324. The number of guanidine groups is 1. The topological polar surface area (TPSA) is 74.8 Å². The molecule has 0 radical (unpaired) electrons. The maximum Gasteiger partial charge on any atom is 0.225 e. The molecule has 0 saturated heterocycles. The molecular weight excluding hydrogens is 546 g/mol. The maximum atomic E-state index is 14.5. The van der Waals surface area contributed by atoms with Crippen LogP contribution in [0.4, 0.5) is 10.1 Å². The Morgan fingerprint density at radius 2 is 1.85 bits per heavy atom. The molecular formula is C26H28FIN4O2. The van der Waals surface area contributed by atoms with Crippen molar-refractivity contribution in [2.45, 2.75) is 18.8 Å². The molecule has 8 heteroatoms. The quantitative estimate of drug-likeness (QED) is 0.209. The highest BCUT2D eigenvalue weighted by Crippen LogP contribution is 2.31. The number of aliphatic imine (C=N–C) groups is 1. The number of hydrogen-bond donors (Lipinski definition) is 3. The molecule has 0 saturated carbocycles. The van der Waals surface area contributed by atoms with Gasteiger partial charge in [0.05, 0.1) is 0 Å². The number of amides is 1. The lowest BCUT2D eigenvalue weighted by molar-refractivity contribution is -0.116. The van der Waals surface area contributed by atoms with E-state index in [0.29, 0.717) is 37.6 Å². The molecule has 178 valence electrons. The first-order valence-electron chi connectivity index (χ1n) is 11.0. The Kier molecular flexibility index (Phi) is 9.26.